The summed E-state index contributed by atoms with van der Waals surface area (Å²) in [5, 5.41) is 4.66. The number of nitrogens with one attached hydrogen (secondary N) is 1. The summed E-state index contributed by atoms with van der Waals surface area (Å²) in [5.41, 5.74) is 2.17. The Labute approximate surface area is 105 Å². The Balaban J connectivity index is 2.34. The summed E-state index contributed by atoms with van der Waals surface area (Å²) in [4.78, 5) is 15.6. The molecular formula is C11H17ClN2OS. The van der Waals surface area contributed by atoms with Gasteiger partial charge in [0.2, 0.25) is 0 Å². The van der Waals surface area contributed by atoms with E-state index < -0.39 is 0 Å². The molecule has 1 aromatic heterocycles. The van der Waals surface area contributed by atoms with Crippen molar-refractivity contribution in [1.82, 2.24) is 10.3 Å². The minimum Gasteiger partial charge on any atom is -0.350 e. The molecule has 1 rings (SSSR count). The first-order chi connectivity index (χ1) is 7.77. The van der Waals surface area contributed by atoms with Crippen LogP contribution in [-0.4, -0.2) is 23.3 Å². The van der Waals surface area contributed by atoms with Crippen LogP contribution in [0.5, 0.6) is 0 Å². The van der Waals surface area contributed by atoms with Crippen molar-refractivity contribution >= 4 is 28.8 Å². The van der Waals surface area contributed by atoms with Gasteiger partial charge in [-0.15, -0.1) is 22.9 Å². The van der Waals surface area contributed by atoms with E-state index in [1.165, 1.54) is 11.3 Å². The molecule has 0 saturated heterocycles. The van der Waals surface area contributed by atoms with Crippen LogP contribution in [0.15, 0.2) is 10.9 Å². The number of amides is 1. The number of carbonyl (C=O) groups excluding carboxylic acids is 1. The third kappa shape index (κ3) is 4.49. The number of rotatable bonds is 7. The molecule has 5 heteroatoms. The van der Waals surface area contributed by atoms with Crippen molar-refractivity contribution in [3.63, 3.8) is 0 Å². The Kier molecular flexibility index (Phi) is 6.42. The van der Waals surface area contributed by atoms with Crippen molar-refractivity contribution < 1.29 is 4.79 Å². The van der Waals surface area contributed by atoms with Crippen molar-refractivity contribution in [3.8, 4) is 0 Å². The fourth-order valence-corrected chi connectivity index (χ4v) is 2.40. The fraction of sp³-hybridized carbons (Fsp3) is 0.636. The molecule has 0 saturated carbocycles. The lowest BCUT2D eigenvalue weighted by Gasteiger charge is -2.14. The van der Waals surface area contributed by atoms with E-state index in [1.807, 2.05) is 0 Å². The van der Waals surface area contributed by atoms with E-state index in [2.05, 4.69) is 17.2 Å². The highest BCUT2D eigenvalue weighted by Crippen LogP contribution is 2.11. The molecule has 1 atom stereocenters. The highest BCUT2D eigenvalue weighted by molar-refractivity contribution is 7.07. The zero-order valence-electron chi connectivity index (χ0n) is 9.41. The third-order valence-corrected chi connectivity index (χ3v) is 3.24. The van der Waals surface area contributed by atoms with Gasteiger partial charge in [-0.3, -0.25) is 4.79 Å². The van der Waals surface area contributed by atoms with Gasteiger partial charge >= 0.3 is 0 Å². The maximum atomic E-state index is 11.6. The van der Waals surface area contributed by atoms with Gasteiger partial charge in [-0.1, -0.05) is 13.3 Å². The Bertz CT molecular complexity index is 297. The molecule has 16 heavy (non-hydrogen) atoms. The SMILES string of the molecule is CCCC(CCCl)CNC(=O)c1cscn1. The lowest BCUT2D eigenvalue weighted by atomic mass is 10.0. The summed E-state index contributed by atoms with van der Waals surface area (Å²) >= 11 is 7.15. The first kappa shape index (κ1) is 13.5. The van der Waals surface area contributed by atoms with Crippen LogP contribution in [0, 0.1) is 5.92 Å². The number of hydrogen-bond donors (Lipinski definition) is 1. The summed E-state index contributed by atoms with van der Waals surface area (Å²) in [6, 6.07) is 0. The zero-order chi connectivity index (χ0) is 11.8. The maximum absolute atomic E-state index is 11.6. The van der Waals surface area contributed by atoms with E-state index in [4.69, 9.17) is 11.6 Å². The highest BCUT2D eigenvalue weighted by Gasteiger charge is 2.11. The van der Waals surface area contributed by atoms with Crippen LogP contribution < -0.4 is 5.32 Å². The van der Waals surface area contributed by atoms with Gasteiger partial charge in [0.25, 0.3) is 5.91 Å². The molecule has 0 fully saturated rings. The van der Waals surface area contributed by atoms with Crippen molar-refractivity contribution in [2.75, 3.05) is 12.4 Å². The van der Waals surface area contributed by atoms with Crippen LogP contribution in [0.4, 0.5) is 0 Å². The molecule has 0 radical (unpaired) electrons. The lowest BCUT2D eigenvalue weighted by molar-refractivity contribution is 0.0941. The van der Waals surface area contributed by atoms with E-state index in [1.54, 1.807) is 10.9 Å². The topological polar surface area (TPSA) is 42.0 Å². The zero-order valence-corrected chi connectivity index (χ0v) is 11.0. The van der Waals surface area contributed by atoms with E-state index in [-0.39, 0.29) is 5.91 Å². The number of hydrogen-bond acceptors (Lipinski definition) is 3. The molecule has 1 unspecified atom stereocenters. The van der Waals surface area contributed by atoms with Gasteiger partial charge in [-0.05, 0) is 18.8 Å². The number of halogens is 1. The van der Waals surface area contributed by atoms with E-state index in [0.29, 0.717) is 24.0 Å². The quantitative estimate of drug-likeness (QED) is 0.766. The second kappa shape index (κ2) is 7.63. The normalized spacial score (nSPS) is 12.4. The van der Waals surface area contributed by atoms with E-state index in [0.717, 1.165) is 19.3 Å². The van der Waals surface area contributed by atoms with Crippen LogP contribution in [0.3, 0.4) is 0 Å². The van der Waals surface area contributed by atoms with Crippen LogP contribution >= 0.6 is 22.9 Å². The molecule has 0 spiro atoms. The van der Waals surface area contributed by atoms with Crippen molar-refractivity contribution in [2.45, 2.75) is 26.2 Å². The first-order valence-corrected chi connectivity index (χ1v) is 6.98. The molecule has 0 bridgehead atoms. The van der Waals surface area contributed by atoms with Crippen molar-refractivity contribution in [2.24, 2.45) is 5.92 Å². The summed E-state index contributed by atoms with van der Waals surface area (Å²) in [6.07, 6.45) is 3.17. The minimum atomic E-state index is -0.0862. The molecule has 1 aromatic rings. The fourth-order valence-electron chi connectivity index (χ4n) is 1.56. The number of aromatic nitrogens is 1. The Hall–Kier alpha value is -0.610. The Morgan fingerprint density at radius 2 is 2.44 bits per heavy atom. The standard InChI is InChI=1S/C11H17ClN2OS/c1-2-3-9(4-5-12)6-13-11(15)10-7-16-8-14-10/h7-9H,2-6H2,1H3,(H,13,15). The smallest absolute Gasteiger partial charge is 0.270 e. The van der Waals surface area contributed by atoms with E-state index in [9.17, 15) is 4.79 Å². The summed E-state index contributed by atoms with van der Waals surface area (Å²) in [7, 11) is 0. The second-order valence-electron chi connectivity index (χ2n) is 3.72. The van der Waals surface area contributed by atoms with Crippen molar-refractivity contribution in [1.29, 1.82) is 0 Å². The predicted octanol–water partition coefficient (Wildman–Crippen LogP) is 2.92. The van der Waals surface area contributed by atoms with Crippen LogP contribution in [0.2, 0.25) is 0 Å². The Morgan fingerprint density at radius 3 is 3.00 bits per heavy atom. The minimum absolute atomic E-state index is 0.0862. The average molecular weight is 261 g/mol. The van der Waals surface area contributed by atoms with Crippen LogP contribution in [0.25, 0.3) is 0 Å². The predicted molar refractivity (Wildman–Crippen MR) is 68.2 cm³/mol. The van der Waals surface area contributed by atoms with E-state index >= 15 is 0 Å². The van der Waals surface area contributed by atoms with Gasteiger partial charge in [0, 0.05) is 17.8 Å². The summed E-state index contributed by atoms with van der Waals surface area (Å²) in [6.45, 7) is 2.83. The number of thiazole rings is 1. The number of carbonyl (C=O) groups is 1. The van der Waals surface area contributed by atoms with Gasteiger partial charge < -0.3 is 5.32 Å². The summed E-state index contributed by atoms with van der Waals surface area (Å²) in [5.74, 6) is 1.04. The van der Waals surface area contributed by atoms with Crippen LogP contribution in [0.1, 0.15) is 36.7 Å². The molecule has 1 heterocycles. The third-order valence-electron chi connectivity index (χ3n) is 2.43. The lowest BCUT2D eigenvalue weighted by Crippen LogP contribution is -2.29. The van der Waals surface area contributed by atoms with Crippen molar-refractivity contribution in [3.05, 3.63) is 16.6 Å². The number of alkyl halides is 1. The van der Waals surface area contributed by atoms with Gasteiger partial charge in [-0.25, -0.2) is 4.98 Å². The average Bonchev–Trinajstić information content (AvgIpc) is 2.79. The molecule has 0 aliphatic heterocycles. The van der Waals surface area contributed by atoms with Crippen LogP contribution in [-0.2, 0) is 0 Å². The highest BCUT2D eigenvalue weighted by atomic mass is 35.5. The maximum Gasteiger partial charge on any atom is 0.270 e. The molecule has 0 aliphatic carbocycles. The molecular weight excluding hydrogens is 244 g/mol. The molecule has 90 valence electrons. The first-order valence-electron chi connectivity index (χ1n) is 5.50. The molecule has 0 aliphatic rings. The number of nitrogens with zero attached hydrogens (tertiary/aromatic N) is 1. The van der Waals surface area contributed by atoms with Gasteiger partial charge in [0.15, 0.2) is 0 Å². The molecule has 1 amide bonds. The van der Waals surface area contributed by atoms with Gasteiger partial charge in [0.05, 0.1) is 5.51 Å². The monoisotopic (exact) mass is 260 g/mol. The summed E-state index contributed by atoms with van der Waals surface area (Å²) < 4.78 is 0. The van der Waals surface area contributed by atoms with Gasteiger partial charge in [0.1, 0.15) is 5.69 Å². The molecule has 1 N–H and O–H groups in total. The van der Waals surface area contributed by atoms with Gasteiger partial charge in [-0.2, -0.15) is 0 Å². The molecule has 3 nitrogen and oxygen atoms in total. The molecule has 0 aromatic carbocycles. The Morgan fingerprint density at radius 1 is 1.62 bits per heavy atom. The second-order valence-corrected chi connectivity index (χ2v) is 4.81. The largest absolute Gasteiger partial charge is 0.350 e.